The highest BCUT2D eigenvalue weighted by molar-refractivity contribution is 7.54. The SMILES string of the molecule is O=[N+]([O-])c1ccc(COP(=O)(N(CCCl)CCCl)N(CCCl)CCCl)cc1. The van der Waals surface area contributed by atoms with Crippen molar-refractivity contribution in [2.24, 2.45) is 0 Å². The number of hydrogen-bond acceptors (Lipinski definition) is 4. The Labute approximate surface area is 179 Å². The maximum Gasteiger partial charge on any atom is 0.346 e. The summed E-state index contributed by atoms with van der Waals surface area (Å²) in [5.41, 5.74) is 0.618. The first-order valence-corrected chi connectivity index (χ1v) is 11.8. The van der Waals surface area contributed by atoms with Gasteiger partial charge in [0.1, 0.15) is 0 Å². The van der Waals surface area contributed by atoms with Gasteiger partial charge in [0, 0.05) is 61.8 Å². The number of nitrogens with zero attached hydrogens (tertiary/aromatic N) is 3. The highest BCUT2D eigenvalue weighted by Crippen LogP contribution is 2.54. The molecular weight excluding hydrogens is 459 g/mol. The van der Waals surface area contributed by atoms with E-state index in [9.17, 15) is 14.7 Å². The lowest BCUT2D eigenvalue weighted by molar-refractivity contribution is -0.384. The van der Waals surface area contributed by atoms with E-state index in [1.54, 1.807) is 21.5 Å². The molecule has 0 fully saturated rings. The van der Waals surface area contributed by atoms with Crippen molar-refractivity contribution >= 4 is 59.8 Å². The number of hydrogen-bond donors (Lipinski definition) is 0. The minimum Gasteiger partial charge on any atom is -0.301 e. The summed E-state index contributed by atoms with van der Waals surface area (Å²) < 4.78 is 22.9. The van der Waals surface area contributed by atoms with Crippen LogP contribution in [0, 0.1) is 10.1 Å². The minimum absolute atomic E-state index is 0.00256. The van der Waals surface area contributed by atoms with Crippen LogP contribution in [0.25, 0.3) is 0 Å². The Kier molecular flexibility index (Phi) is 12.2. The average molecular weight is 481 g/mol. The van der Waals surface area contributed by atoms with Crippen molar-refractivity contribution in [1.29, 1.82) is 0 Å². The summed E-state index contributed by atoms with van der Waals surface area (Å²) in [4.78, 5) is 10.3. The first kappa shape index (κ1) is 24.9. The molecule has 0 unspecified atom stereocenters. The third-order valence-electron chi connectivity index (χ3n) is 3.63. The van der Waals surface area contributed by atoms with Gasteiger partial charge >= 0.3 is 7.67 Å². The normalized spacial score (nSPS) is 12.1. The lowest BCUT2D eigenvalue weighted by atomic mass is 10.2. The molecule has 0 amide bonds. The van der Waals surface area contributed by atoms with Gasteiger partial charge in [0.15, 0.2) is 0 Å². The van der Waals surface area contributed by atoms with E-state index < -0.39 is 12.6 Å². The quantitative estimate of drug-likeness (QED) is 0.165. The predicted molar refractivity (Wildman–Crippen MR) is 112 cm³/mol. The van der Waals surface area contributed by atoms with Crippen LogP contribution in [0.4, 0.5) is 5.69 Å². The molecule has 0 saturated heterocycles. The van der Waals surface area contributed by atoms with Gasteiger partial charge in [-0.05, 0) is 17.7 Å². The second-order valence-electron chi connectivity index (χ2n) is 5.35. The van der Waals surface area contributed by atoms with Crippen molar-refractivity contribution < 1.29 is 14.0 Å². The number of alkyl halides is 4. The molecule has 1 aromatic carbocycles. The van der Waals surface area contributed by atoms with Gasteiger partial charge < -0.3 is 4.52 Å². The average Bonchev–Trinajstić information content (AvgIpc) is 2.66. The van der Waals surface area contributed by atoms with Gasteiger partial charge in [-0.2, -0.15) is 0 Å². The molecule has 7 nitrogen and oxygen atoms in total. The molecule has 0 N–H and O–H groups in total. The lowest BCUT2D eigenvalue weighted by Gasteiger charge is -2.37. The molecular formula is C15H22Cl4N3O4P. The van der Waals surface area contributed by atoms with Crippen LogP contribution in [-0.4, -0.2) is 64.0 Å². The Hall–Kier alpha value is -0.110. The topological polar surface area (TPSA) is 75.9 Å². The van der Waals surface area contributed by atoms with Crippen molar-refractivity contribution in [2.75, 3.05) is 49.7 Å². The molecule has 154 valence electrons. The van der Waals surface area contributed by atoms with Crippen LogP contribution < -0.4 is 0 Å². The molecule has 0 saturated carbocycles. The molecule has 0 atom stereocenters. The molecule has 12 heteroatoms. The number of nitro benzene ring substituents is 1. The third-order valence-corrected chi connectivity index (χ3v) is 7.00. The van der Waals surface area contributed by atoms with Gasteiger partial charge in [-0.25, -0.2) is 9.34 Å². The molecule has 0 bridgehead atoms. The van der Waals surface area contributed by atoms with Gasteiger partial charge in [0.05, 0.1) is 11.5 Å². The van der Waals surface area contributed by atoms with Crippen molar-refractivity contribution in [3.63, 3.8) is 0 Å². The van der Waals surface area contributed by atoms with E-state index in [-0.39, 0.29) is 35.8 Å². The standard InChI is InChI=1S/C15H22Cl4N3O4P/c16-5-9-20(10-6-17)27(25,21(11-7-18)12-8-19)26-13-14-1-3-15(4-2-14)22(23)24/h1-4H,5-13H2. The fraction of sp³-hybridized carbons (Fsp3) is 0.600. The van der Waals surface area contributed by atoms with E-state index in [2.05, 4.69) is 0 Å². The van der Waals surface area contributed by atoms with Gasteiger partial charge in [0.25, 0.3) is 5.69 Å². The van der Waals surface area contributed by atoms with E-state index >= 15 is 0 Å². The monoisotopic (exact) mass is 479 g/mol. The van der Waals surface area contributed by atoms with E-state index in [0.29, 0.717) is 31.7 Å². The summed E-state index contributed by atoms with van der Waals surface area (Å²) in [6, 6.07) is 5.86. The van der Waals surface area contributed by atoms with Crippen molar-refractivity contribution in [3.8, 4) is 0 Å². The highest BCUT2D eigenvalue weighted by Gasteiger charge is 2.38. The fourth-order valence-electron chi connectivity index (χ4n) is 2.33. The summed E-state index contributed by atoms with van der Waals surface area (Å²) in [6.45, 7) is 1.25. The van der Waals surface area contributed by atoms with Gasteiger partial charge in [0.2, 0.25) is 0 Å². The van der Waals surface area contributed by atoms with Gasteiger partial charge in [-0.1, -0.05) is 0 Å². The predicted octanol–water partition coefficient (Wildman–Crippen LogP) is 4.78. The van der Waals surface area contributed by atoms with E-state index in [0.717, 1.165) is 0 Å². The summed E-state index contributed by atoms with van der Waals surface area (Å²) in [5.74, 6) is 0.990. The first-order valence-electron chi connectivity index (χ1n) is 8.15. The maximum absolute atomic E-state index is 13.8. The maximum atomic E-state index is 13.8. The zero-order chi connectivity index (χ0) is 20.3. The van der Waals surface area contributed by atoms with Crippen LogP contribution >= 0.6 is 54.1 Å². The van der Waals surface area contributed by atoms with E-state index in [1.807, 2.05) is 0 Å². The number of rotatable bonds is 14. The number of benzene rings is 1. The first-order chi connectivity index (χ1) is 12.9. The molecule has 0 aliphatic rings. The second kappa shape index (κ2) is 13.2. The smallest absolute Gasteiger partial charge is 0.301 e. The molecule has 0 aliphatic heterocycles. The molecule has 0 aromatic heterocycles. The fourth-order valence-corrected chi connectivity index (χ4v) is 6.03. The summed E-state index contributed by atoms with van der Waals surface area (Å²) in [5, 5.41) is 10.8. The van der Waals surface area contributed by atoms with E-state index in [1.165, 1.54) is 12.1 Å². The Balaban J connectivity index is 3.07. The molecule has 0 heterocycles. The second-order valence-corrected chi connectivity index (χ2v) is 9.23. The third kappa shape index (κ3) is 7.67. The van der Waals surface area contributed by atoms with Crippen LogP contribution in [0.5, 0.6) is 0 Å². The Morgan fingerprint density at radius 1 is 0.889 bits per heavy atom. The molecule has 1 rings (SSSR count). The highest BCUT2D eigenvalue weighted by atomic mass is 35.5. The zero-order valence-electron chi connectivity index (χ0n) is 14.6. The van der Waals surface area contributed by atoms with Crippen LogP contribution in [0.1, 0.15) is 5.56 Å². The van der Waals surface area contributed by atoms with Crippen LogP contribution in [0.2, 0.25) is 0 Å². The summed E-state index contributed by atoms with van der Waals surface area (Å²) >= 11 is 23.5. The molecule has 1 aromatic rings. The number of non-ortho nitro benzene ring substituents is 1. The van der Waals surface area contributed by atoms with Crippen molar-refractivity contribution in [2.45, 2.75) is 6.61 Å². The zero-order valence-corrected chi connectivity index (χ0v) is 18.5. The van der Waals surface area contributed by atoms with Gasteiger partial charge in [-0.3, -0.25) is 14.7 Å². The van der Waals surface area contributed by atoms with Crippen LogP contribution in [-0.2, 0) is 15.7 Å². The minimum atomic E-state index is -3.51. The number of halogens is 4. The lowest BCUT2D eigenvalue weighted by Crippen LogP contribution is -2.37. The van der Waals surface area contributed by atoms with Crippen LogP contribution in [0.3, 0.4) is 0 Å². The summed E-state index contributed by atoms with van der Waals surface area (Å²) in [7, 11) is -3.51. The Bertz CT molecular complexity index is 592. The molecule has 0 aliphatic carbocycles. The van der Waals surface area contributed by atoms with E-state index in [4.69, 9.17) is 50.9 Å². The largest absolute Gasteiger partial charge is 0.346 e. The Morgan fingerprint density at radius 2 is 1.30 bits per heavy atom. The summed E-state index contributed by atoms with van der Waals surface area (Å²) in [6.07, 6.45) is 0. The molecule has 0 spiro atoms. The van der Waals surface area contributed by atoms with Crippen LogP contribution in [0.15, 0.2) is 24.3 Å². The number of nitro groups is 1. The molecule has 0 radical (unpaired) electrons. The van der Waals surface area contributed by atoms with Gasteiger partial charge in [-0.15, -0.1) is 46.4 Å². The Morgan fingerprint density at radius 3 is 1.63 bits per heavy atom. The van der Waals surface area contributed by atoms with Crippen molar-refractivity contribution in [3.05, 3.63) is 39.9 Å². The molecule has 27 heavy (non-hydrogen) atoms. The van der Waals surface area contributed by atoms with Crippen molar-refractivity contribution in [1.82, 2.24) is 9.34 Å².